The lowest BCUT2D eigenvalue weighted by molar-refractivity contribution is -0.137. The Morgan fingerprint density at radius 2 is 2.21 bits per heavy atom. The highest BCUT2D eigenvalue weighted by atomic mass is 32.2. The lowest BCUT2D eigenvalue weighted by Crippen LogP contribution is -2.34. The van der Waals surface area contributed by atoms with Gasteiger partial charge >= 0.3 is 5.97 Å². The normalized spacial score (nSPS) is 12.7. The van der Waals surface area contributed by atoms with Crippen molar-refractivity contribution in [1.82, 2.24) is 4.72 Å². The van der Waals surface area contributed by atoms with Crippen molar-refractivity contribution in [3.63, 3.8) is 0 Å². The van der Waals surface area contributed by atoms with Crippen molar-refractivity contribution in [2.45, 2.75) is 24.3 Å². The molecule has 1 rings (SSSR count). The summed E-state index contributed by atoms with van der Waals surface area (Å²) in [5, 5.41) is 17.3. The van der Waals surface area contributed by atoms with Crippen molar-refractivity contribution in [2.75, 3.05) is 0 Å². The van der Waals surface area contributed by atoms with Crippen molar-refractivity contribution < 1.29 is 22.7 Å². The van der Waals surface area contributed by atoms with E-state index >= 15 is 0 Å². The number of nitriles is 1. The molecule has 0 spiro atoms. The Bertz CT molecular complexity index is 637. The van der Waals surface area contributed by atoms with Crippen LogP contribution in [-0.2, 0) is 14.8 Å². The Balaban J connectivity index is 3.12. The van der Waals surface area contributed by atoms with Crippen molar-refractivity contribution in [3.8, 4) is 6.07 Å². The lowest BCUT2D eigenvalue weighted by Gasteiger charge is -2.13. The summed E-state index contributed by atoms with van der Waals surface area (Å²) in [4.78, 5) is 9.95. The van der Waals surface area contributed by atoms with Crippen LogP contribution >= 0.6 is 0 Å². The smallest absolute Gasteiger partial charge is 0.304 e. The van der Waals surface area contributed by atoms with Crippen LogP contribution < -0.4 is 4.72 Å². The predicted octanol–water partition coefficient (Wildman–Crippen LogP) is 0.839. The first kappa shape index (κ1) is 15.1. The number of nitrogens with one attached hydrogen (secondary N) is 1. The van der Waals surface area contributed by atoms with E-state index < -0.39 is 44.7 Å². The second-order valence-corrected chi connectivity index (χ2v) is 5.53. The monoisotopic (exact) mass is 286 g/mol. The number of halogens is 1. The summed E-state index contributed by atoms with van der Waals surface area (Å²) < 4.78 is 39.3. The zero-order valence-corrected chi connectivity index (χ0v) is 10.7. The molecule has 1 atom stereocenters. The van der Waals surface area contributed by atoms with Gasteiger partial charge in [0.1, 0.15) is 22.3 Å². The van der Waals surface area contributed by atoms with Crippen molar-refractivity contribution >= 4 is 16.0 Å². The fraction of sp³-hybridized carbons (Fsp3) is 0.273. The summed E-state index contributed by atoms with van der Waals surface area (Å²) in [5.74, 6) is -2.12. The zero-order valence-electron chi connectivity index (χ0n) is 9.92. The van der Waals surface area contributed by atoms with Crippen molar-refractivity contribution in [3.05, 3.63) is 29.6 Å². The van der Waals surface area contributed by atoms with Gasteiger partial charge < -0.3 is 5.11 Å². The van der Waals surface area contributed by atoms with Gasteiger partial charge in [-0.05, 0) is 19.1 Å². The van der Waals surface area contributed by atoms with Crippen LogP contribution in [0.3, 0.4) is 0 Å². The van der Waals surface area contributed by atoms with Gasteiger partial charge in [0.25, 0.3) is 0 Å². The molecular weight excluding hydrogens is 275 g/mol. The number of carboxylic acids is 1. The summed E-state index contributed by atoms with van der Waals surface area (Å²) in [6, 6.07) is 3.81. The lowest BCUT2D eigenvalue weighted by atomic mass is 10.2. The van der Waals surface area contributed by atoms with Gasteiger partial charge in [-0.3, -0.25) is 4.79 Å². The highest BCUT2D eigenvalue weighted by Crippen LogP contribution is 2.18. The molecule has 8 heteroatoms. The Labute approximate surface area is 109 Å². The van der Waals surface area contributed by atoms with Crippen LogP contribution in [0.2, 0.25) is 0 Å². The molecule has 2 N–H and O–H groups in total. The molecule has 0 unspecified atom stereocenters. The third-order valence-electron chi connectivity index (χ3n) is 2.21. The number of nitrogens with zero attached hydrogens (tertiary/aromatic N) is 1. The maximum atomic E-state index is 13.3. The summed E-state index contributed by atoms with van der Waals surface area (Å²) >= 11 is 0. The number of aliphatic carboxylic acids is 1. The molecule has 0 fully saturated rings. The van der Waals surface area contributed by atoms with Crippen LogP contribution in [-0.4, -0.2) is 25.5 Å². The molecule has 0 aliphatic heterocycles. The van der Waals surface area contributed by atoms with Crippen LogP contribution in [0.5, 0.6) is 0 Å². The largest absolute Gasteiger partial charge is 0.481 e. The molecule has 6 nitrogen and oxygen atoms in total. The summed E-state index contributed by atoms with van der Waals surface area (Å²) in [6.07, 6.45) is -0.420. The SMILES string of the molecule is C[C@H](CC(=O)O)NS(=O)(=O)c1cccc(F)c1C#N. The number of hydrogen-bond acceptors (Lipinski definition) is 4. The molecule has 0 aliphatic rings. The van der Waals surface area contributed by atoms with Crippen molar-refractivity contribution in [2.24, 2.45) is 0 Å². The molecule has 0 saturated carbocycles. The van der Waals surface area contributed by atoms with Crippen LogP contribution in [0.15, 0.2) is 23.1 Å². The molecule has 0 radical (unpaired) electrons. The third kappa shape index (κ3) is 3.74. The van der Waals surface area contributed by atoms with E-state index in [1.54, 1.807) is 0 Å². The maximum absolute atomic E-state index is 13.3. The topological polar surface area (TPSA) is 107 Å². The minimum atomic E-state index is -4.15. The molecular formula is C11H11FN2O4S. The second-order valence-electron chi connectivity index (χ2n) is 3.84. The summed E-state index contributed by atoms with van der Waals surface area (Å²) in [5.41, 5.74) is -0.600. The standard InChI is InChI=1S/C11H11FN2O4S/c1-7(5-11(15)16)14-19(17,18)10-4-2-3-9(12)8(10)6-13/h2-4,7,14H,5H2,1H3,(H,15,16)/t7-/m1/s1. The first-order chi connectivity index (χ1) is 8.77. The fourth-order valence-electron chi connectivity index (χ4n) is 1.47. The highest BCUT2D eigenvalue weighted by molar-refractivity contribution is 7.89. The Kier molecular flexibility index (Phi) is 4.58. The third-order valence-corrected chi connectivity index (χ3v) is 3.85. The van der Waals surface area contributed by atoms with Gasteiger partial charge in [-0.1, -0.05) is 6.07 Å². The Morgan fingerprint density at radius 3 is 2.74 bits per heavy atom. The Morgan fingerprint density at radius 1 is 1.58 bits per heavy atom. The first-order valence-corrected chi connectivity index (χ1v) is 6.69. The number of carboxylic acid groups (broad SMARTS) is 1. The van der Waals surface area contributed by atoms with E-state index in [0.717, 1.165) is 18.2 Å². The van der Waals surface area contributed by atoms with Gasteiger partial charge in [-0.25, -0.2) is 17.5 Å². The Hall–Kier alpha value is -1.98. The van der Waals surface area contributed by atoms with Gasteiger partial charge in [0.05, 0.1) is 6.42 Å². The second kappa shape index (κ2) is 5.77. The van der Waals surface area contributed by atoms with E-state index in [1.165, 1.54) is 13.0 Å². The van der Waals surface area contributed by atoms with E-state index in [4.69, 9.17) is 10.4 Å². The fourth-order valence-corrected chi connectivity index (χ4v) is 2.88. The predicted molar refractivity (Wildman–Crippen MR) is 63.2 cm³/mol. The molecule has 0 amide bonds. The average molecular weight is 286 g/mol. The minimum Gasteiger partial charge on any atom is -0.481 e. The van der Waals surface area contributed by atoms with Gasteiger partial charge in [0.2, 0.25) is 10.0 Å². The number of sulfonamides is 1. The number of hydrogen-bond donors (Lipinski definition) is 2. The maximum Gasteiger partial charge on any atom is 0.304 e. The van der Waals surface area contributed by atoms with E-state index in [-0.39, 0.29) is 0 Å². The molecule has 0 aliphatic carbocycles. The van der Waals surface area contributed by atoms with E-state index in [1.807, 2.05) is 0 Å². The van der Waals surface area contributed by atoms with Crippen molar-refractivity contribution in [1.29, 1.82) is 5.26 Å². The van der Waals surface area contributed by atoms with Crippen LogP contribution in [0, 0.1) is 17.1 Å². The molecule has 0 saturated heterocycles. The van der Waals surface area contributed by atoms with Gasteiger partial charge in [-0.15, -0.1) is 0 Å². The average Bonchev–Trinajstić information content (AvgIpc) is 2.26. The van der Waals surface area contributed by atoms with Gasteiger partial charge in [0, 0.05) is 6.04 Å². The number of benzene rings is 1. The summed E-state index contributed by atoms with van der Waals surface area (Å²) in [7, 11) is -4.15. The van der Waals surface area contributed by atoms with Crippen LogP contribution in [0.4, 0.5) is 4.39 Å². The van der Waals surface area contributed by atoms with E-state index in [2.05, 4.69) is 4.72 Å². The van der Waals surface area contributed by atoms with Crippen LogP contribution in [0.25, 0.3) is 0 Å². The number of rotatable bonds is 5. The van der Waals surface area contributed by atoms with E-state index in [9.17, 15) is 17.6 Å². The number of carbonyl (C=O) groups is 1. The highest BCUT2D eigenvalue weighted by Gasteiger charge is 2.23. The zero-order chi connectivity index (χ0) is 14.6. The summed E-state index contributed by atoms with van der Waals surface area (Å²) in [6.45, 7) is 1.36. The molecule has 19 heavy (non-hydrogen) atoms. The molecule has 0 aromatic heterocycles. The van der Waals surface area contributed by atoms with E-state index in [0.29, 0.717) is 0 Å². The molecule has 0 bridgehead atoms. The minimum absolute atomic E-state index is 0.420. The molecule has 102 valence electrons. The first-order valence-electron chi connectivity index (χ1n) is 5.20. The van der Waals surface area contributed by atoms with Gasteiger partial charge in [0.15, 0.2) is 0 Å². The molecule has 1 aromatic rings. The molecule has 1 aromatic carbocycles. The van der Waals surface area contributed by atoms with Crippen LogP contribution in [0.1, 0.15) is 18.9 Å². The van der Waals surface area contributed by atoms with Gasteiger partial charge in [-0.2, -0.15) is 5.26 Å². The quantitative estimate of drug-likeness (QED) is 0.834. The molecule has 0 heterocycles.